The molecule has 5 atom stereocenters. The van der Waals surface area contributed by atoms with Crippen molar-refractivity contribution in [2.45, 2.75) is 50.8 Å². The smallest absolute Gasteiger partial charge is 0.241 e. The fraction of sp³-hybridized carbons (Fsp3) is 0.345. The molecule has 1 amide bonds. The molecular weight excluding hydrogens is 438 g/mol. The first kappa shape index (κ1) is 23.5. The lowest BCUT2D eigenvalue weighted by atomic mass is 10.0. The molecule has 3 aromatic rings. The van der Waals surface area contributed by atoms with Crippen LogP contribution in [0.25, 0.3) is 0 Å². The van der Waals surface area contributed by atoms with E-state index in [-0.39, 0.29) is 30.4 Å². The Balaban J connectivity index is 1.33. The number of carbonyl (C=O) groups excluding carboxylic acids is 1. The fourth-order valence-electron chi connectivity index (χ4n) is 4.86. The van der Waals surface area contributed by atoms with E-state index in [0.29, 0.717) is 6.42 Å². The molecular formula is C29H33N3O3. The first-order chi connectivity index (χ1) is 17.1. The van der Waals surface area contributed by atoms with Gasteiger partial charge in [0.05, 0.1) is 29.6 Å². The monoisotopic (exact) mass is 471 g/mol. The predicted molar refractivity (Wildman–Crippen MR) is 138 cm³/mol. The summed E-state index contributed by atoms with van der Waals surface area (Å²) in [5, 5.41) is 6.66. The topological polar surface area (TPSA) is 66.1 Å². The Hall–Kier alpha value is -3.19. The van der Waals surface area contributed by atoms with E-state index in [1.807, 2.05) is 54.6 Å². The SMILES string of the molecule is CC1CN(c2ccccc2NC(=O)C(Cc2ccccc2)NC2OC2c2ccccc2)CC(C)O1. The lowest BCUT2D eigenvalue weighted by molar-refractivity contribution is -0.118. The van der Waals surface area contributed by atoms with Gasteiger partial charge in [-0.2, -0.15) is 0 Å². The number of ether oxygens (including phenoxy) is 2. The molecule has 0 spiro atoms. The highest BCUT2D eigenvalue weighted by Crippen LogP contribution is 2.37. The van der Waals surface area contributed by atoms with Gasteiger partial charge in [-0.05, 0) is 43.5 Å². The molecule has 0 saturated carbocycles. The van der Waals surface area contributed by atoms with Crippen molar-refractivity contribution in [2.75, 3.05) is 23.3 Å². The van der Waals surface area contributed by atoms with Crippen molar-refractivity contribution in [3.63, 3.8) is 0 Å². The van der Waals surface area contributed by atoms with E-state index in [2.05, 4.69) is 59.7 Å². The zero-order valence-corrected chi connectivity index (χ0v) is 20.3. The van der Waals surface area contributed by atoms with Crippen LogP contribution in [0, 0.1) is 0 Å². The number of nitrogens with one attached hydrogen (secondary N) is 2. The highest BCUT2D eigenvalue weighted by Gasteiger charge is 2.42. The van der Waals surface area contributed by atoms with Crippen LogP contribution in [0.2, 0.25) is 0 Å². The van der Waals surface area contributed by atoms with E-state index in [0.717, 1.165) is 35.6 Å². The Labute approximate surface area is 207 Å². The minimum Gasteiger partial charge on any atom is -0.372 e. The Bertz CT molecular complexity index is 1110. The molecule has 182 valence electrons. The third-order valence-electron chi connectivity index (χ3n) is 6.51. The van der Waals surface area contributed by atoms with Gasteiger partial charge in [-0.3, -0.25) is 10.1 Å². The Morgan fingerprint density at radius 3 is 2.23 bits per heavy atom. The summed E-state index contributed by atoms with van der Waals surface area (Å²) in [7, 11) is 0. The van der Waals surface area contributed by atoms with Crippen LogP contribution in [0.15, 0.2) is 84.9 Å². The summed E-state index contributed by atoms with van der Waals surface area (Å²) < 4.78 is 11.8. The second-order valence-corrected chi connectivity index (χ2v) is 9.47. The lowest BCUT2D eigenvalue weighted by Crippen LogP contribution is -2.46. The summed E-state index contributed by atoms with van der Waals surface area (Å²) in [4.78, 5) is 15.9. The molecule has 2 aliphatic rings. The van der Waals surface area contributed by atoms with E-state index in [1.54, 1.807) is 0 Å². The molecule has 6 heteroatoms. The van der Waals surface area contributed by atoms with Crippen molar-refractivity contribution in [3.8, 4) is 0 Å². The Kier molecular flexibility index (Phi) is 7.13. The number of anilines is 2. The first-order valence-electron chi connectivity index (χ1n) is 12.4. The van der Waals surface area contributed by atoms with Crippen LogP contribution in [0.5, 0.6) is 0 Å². The van der Waals surface area contributed by atoms with Crippen LogP contribution in [0.4, 0.5) is 11.4 Å². The van der Waals surface area contributed by atoms with Gasteiger partial charge in [0.25, 0.3) is 0 Å². The number of hydrogen-bond donors (Lipinski definition) is 2. The highest BCUT2D eigenvalue weighted by atomic mass is 16.6. The van der Waals surface area contributed by atoms with Gasteiger partial charge < -0.3 is 19.7 Å². The zero-order chi connectivity index (χ0) is 24.2. The minimum absolute atomic E-state index is 0.0362. The zero-order valence-electron chi connectivity index (χ0n) is 20.3. The average Bonchev–Trinajstić information content (AvgIpc) is 3.64. The lowest BCUT2D eigenvalue weighted by Gasteiger charge is -2.37. The van der Waals surface area contributed by atoms with E-state index >= 15 is 0 Å². The van der Waals surface area contributed by atoms with Crippen LogP contribution in [-0.2, 0) is 20.7 Å². The van der Waals surface area contributed by atoms with Gasteiger partial charge >= 0.3 is 0 Å². The third-order valence-corrected chi connectivity index (χ3v) is 6.51. The van der Waals surface area contributed by atoms with Gasteiger partial charge in [-0.1, -0.05) is 72.8 Å². The average molecular weight is 472 g/mol. The second kappa shape index (κ2) is 10.6. The maximum atomic E-state index is 13.6. The Morgan fingerprint density at radius 1 is 0.886 bits per heavy atom. The normalized spacial score (nSPS) is 24.6. The maximum absolute atomic E-state index is 13.6. The number of amides is 1. The molecule has 0 aromatic heterocycles. The van der Waals surface area contributed by atoms with Crippen molar-refractivity contribution in [1.29, 1.82) is 0 Å². The summed E-state index contributed by atoms with van der Waals surface area (Å²) >= 11 is 0. The molecule has 35 heavy (non-hydrogen) atoms. The summed E-state index contributed by atoms with van der Waals surface area (Å²) in [6, 6.07) is 27.8. The van der Waals surface area contributed by atoms with Crippen molar-refractivity contribution in [1.82, 2.24) is 5.32 Å². The molecule has 2 N–H and O–H groups in total. The van der Waals surface area contributed by atoms with Crippen molar-refractivity contribution < 1.29 is 14.3 Å². The molecule has 0 aliphatic carbocycles. The molecule has 5 unspecified atom stereocenters. The highest BCUT2D eigenvalue weighted by molar-refractivity contribution is 5.98. The van der Waals surface area contributed by atoms with Gasteiger partial charge in [0, 0.05) is 13.1 Å². The number of rotatable bonds is 8. The second-order valence-electron chi connectivity index (χ2n) is 9.47. The first-order valence-corrected chi connectivity index (χ1v) is 12.4. The quantitative estimate of drug-likeness (QED) is 0.473. The van der Waals surface area contributed by atoms with Gasteiger partial charge in [-0.25, -0.2) is 0 Å². The predicted octanol–water partition coefficient (Wildman–Crippen LogP) is 4.54. The number of morpholine rings is 1. The molecule has 5 rings (SSSR count). The summed E-state index contributed by atoms with van der Waals surface area (Å²) in [5.41, 5.74) is 4.05. The summed E-state index contributed by atoms with van der Waals surface area (Å²) in [6.07, 6.45) is 0.620. The fourth-order valence-corrected chi connectivity index (χ4v) is 4.86. The van der Waals surface area contributed by atoms with Crippen LogP contribution in [-0.4, -0.2) is 43.5 Å². The van der Waals surface area contributed by atoms with E-state index in [1.165, 1.54) is 0 Å². The van der Waals surface area contributed by atoms with E-state index in [4.69, 9.17) is 9.47 Å². The number of epoxide rings is 1. The number of carbonyl (C=O) groups is 1. The maximum Gasteiger partial charge on any atom is 0.241 e. The molecule has 2 saturated heterocycles. The van der Waals surface area contributed by atoms with Gasteiger partial charge in [0.2, 0.25) is 5.91 Å². The van der Waals surface area contributed by atoms with Crippen LogP contribution in [0.3, 0.4) is 0 Å². The van der Waals surface area contributed by atoms with Gasteiger partial charge in [0.1, 0.15) is 12.3 Å². The molecule has 2 aliphatic heterocycles. The Morgan fingerprint density at radius 2 is 1.51 bits per heavy atom. The van der Waals surface area contributed by atoms with Crippen molar-refractivity contribution >= 4 is 17.3 Å². The van der Waals surface area contributed by atoms with Crippen LogP contribution in [0.1, 0.15) is 31.1 Å². The summed E-state index contributed by atoms with van der Waals surface area (Å²) in [5.74, 6) is -0.0713. The van der Waals surface area contributed by atoms with E-state index < -0.39 is 6.04 Å². The molecule has 2 heterocycles. The van der Waals surface area contributed by atoms with Gasteiger partial charge in [-0.15, -0.1) is 0 Å². The van der Waals surface area contributed by atoms with E-state index in [9.17, 15) is 4.79 Å². The largest absolute Gasteiger partial charge is 0.372 e. The van der Waals surface area contributed by atoms with Crippen molar-refractivity contribution in [3.05, 3.63) is 96.1 Å². The summed E-state index contributed by atoms with van der Waals surface area (Å²) in [6.45, 7) is 5.75. The number of nitrogens with zero attached hydrogens (tertiary/aromatic N) is 1. The molecule has 2 fully saturated rings. The minimum atomic E-state index is -0.438. The van der Waals surface area contributed by atoms with Crippen LogP contribution < -0.4 is 15.5 Å². The van der Waals surface area contributed by atoms with Gasteiger partial charge in [0.15, 0.2) is 0 Å². The molecule has 0 radical (unpaired) electrons. The number of benzene rings is 3. The number of para-hydroxylation sites is 2. The molecule has 0 bridgehead atoms. The van der Waals surface area contributed by atoms with Crippen molar-refractivity contribution in [2.24, 2.45) is 0 Å². The third kappa shape index (κ3) is 5.90. The number of hydrogen-bond acceptors (Lipinski definition) is 5. The molecule has 6 nitrogen and oxygen atoms in total. The molecule has 3 aromatic carbocycles. The van der Waals surface area contributed by atoms with Crippen LogP contribution >= 0.6 is 0 Å². The standard InChI is InChI=1S/C29H33N3O3/c1-20-18-32(19-21(2)34-20)26-16-10-9-15-24(26)30-28(33)25(17-22-11-5-3-6-12-22)31-29-27(35-29)23-13-7-4-8-14-23/h3-16,20-21,25,27,29,31H,17-19H2,1-2H3,(H,30,33).